The number of nitrogens with one attached hydrogen (secondary N) is 1. The molecule has 0 amide bonds. The van der Waals surface area contributed by atoms with Crippen LogP contribution in [0.3, 0.4) is 0 Å². The highest BCUT2D eigenvalue weighted by Gasteiger charge is 2.06. The van der Waals surface area contributed by atoms with Crippen LogP contribution in [0.25, 0.3) is 0 Å². The van der Waals surface area contributed by atoms with E-state index in [1.807, 2.05) is 0 Å². The van der Waals surface area contributed by atoms with Crippen molar-refractivity contribution in [3.05, 3.63) is 29.8 Å². The summed E-state index contributed by atoms with van der Waals surface area (Å²) in [5.41, 5.74) is 1.37. The van der Waals surface area contributed by atoms with Crippen LogP contribution in [0.5, 0.6) is 0 Å². The summed E-state index contributed by atoms with van der Waals surface area (Å²) in [5.74, 6) is 0. The predicted molar refractivity (Wildman–Crippen MR) is 87.0 cm³/mol. The molecule has 0 aliphatic rings. The molecule has 1 unspecified atom stereocenters. The van der Waals surface area contributed by atoms with Crippen molar-refractivity contribution in [2.75, 3.05) is 32.4 Å². The quantitative estimate of drug-likeness (QED) is 0.693. The van der Waals surface area contributed by atoms with Gasteiger partial charge in [0.25, 0.3) is 0 Å². The van der Waals surface area contributed by atoms with E-state index in [1.54, 1.807) is 11.8 Å². The first-order valence-electron chi connectivity index (χ1n) is 7.30. The van der Waals surface area contributed by atoms with E-state index in [2.05, 4.69) is 61.5 Å². The average molecular weight is 280 g/mol. The van der Waals surface area contributed by atoms with Crippen molar-refractivity contribution in [1.82, 2.24) is 10.2 Å². The number of benzene rings is 1. The van der Waals surface area contributed by atoms with Crippen LogP contribution in [0.15, 0.2) is 29.2 Å². The molecule has 0 aliphatic carbocycles. The van der Waals surface area contributed by atoms with Gasteiger partial charge in [-0.1, -0.05) is 26.0 Å². The third kappa shape index (κ3) is 5.98. The number of rotatable bonds is 9. The second-order valence-corrected chi connectivity index (χ2v) is 5.76. The van der Waals surface area contributed by atoms with Crippen molar-refractivity contribution in [2.24, 2.45) is 0 Å². The Kier molecular flexibility index (Phi) is 8.19. The summed E-state index contributed by atoms with van der Waals surface area (Å²) in [6.07, 6.45) is 3.35. The molecule has 0 aliphatic heterocycles. The van der Waals surface area contributed by atoms with Gasteiger partial charge in [0, 0.05) is 24.0 Å². The van der Waals surface area contributed by atoms with E-state index in [4.69, 9.17) is 0 Å². The summed E-state index contributed by atoms with van der Waals surface area (Å²) < 4.78 is 0. The number of nitrogens with zero attached hydrogens (tertiary/aromatic N) is 1. The number of hydrogen-bond acceptors (Lipinski definition) is 3. The van der Waals surface area contributed by atoms with Gasteiger partial charge >= 0.3 is 0 Å². The van der Waals surface area contributed by atoms with Crippen LogP contribution in [0.4, 0.5) is 0 Å². The van der Waals surface area contributed by atoms with Gasteiger partial charge in [0.15, 0.2) is 0 Å². The molecule has 1 aromatic rings. The molecule has 1 N–H and O–H groups in total. The fourth-order valence-corrected chi connectivity index (χ4v) is 2.60. The minimum atomic E-state index is 0.427. The number of thioether (sulfide) groups is 1. The number of likely N-dealkylation sites (N-methyl/N-ethyl adjacent to an activating group) is 1. The van der Waals surface area contributed by atoms with Crippen molar-refractivity contribution in [2.45, 2.75) is 38.1 Å². The lowest BCUT2D eigenvalue weighted by Gasteiger charge is -2.21. The molecule has 1 aromatic carbocycles. The Morgan fingerprint density at radius 3 is 2.37 bits per heavy atom. The summed E-state index contributed by atoms with van der Waals surface area (Å²) in [6, 6.07) is 9.29. The SMILES string of the molecule is CCCN(CC)CCNC(C)c1ccc(SC)cc1. The smallest absolute Gasteiger partial charge is 0.0292 e. The summed E-state index contributed by atoms with van der Waals surface area (Å²) >= 11 is 1.79. The second kappa shape index (κ2) is 9.40. The zero-order valence-corrected chi connectivity index (χ0v) is 13.6. The van der Waals surface area contributed by atoms with E-state index in [0.717, 1.165) is 19.6 Å². The molecule has 0 saturated heterocycles. The van der Waals surface area contributed by atoms with E-state index in [9.17, 15) is 0 Å². The predicted octanol–water partition coefficient (Wildman–Crippen LogP) is 3.79. The molecule has 3 heteroatoms. The van der Waals surface area contributed by atoms with Crippen molar-refractivity contribution in [1.29, 1.82) is 0 Å². The lowest BCUT2D eigenvalue weighted by atomic mass is 10.1. The summed E-state index contributed by atoms with van der Waals surface area (Å²) in [5, 5.41) is 3.61. The van der Waals surface area contributed by atoms with E-state index in [0.29, 0.717) is 6.04 Å². The van der Waals surface area contributed by atoms with Gasteiger partial charge in [-0.15, -0.1) is 11.8 Å². The van der Waals surface area contributed by atoms with Crippen LogP contribution in [0.2, 0.25) is 0 Å². The van der Waals surface area contributed by atoms with Crippen LogP contribution < -0.4 is 5.32 Å². The Hall–Kier alpha value is -0.510. The van der Waals surface area contributed by atoms with Crippen LogP contribution in [0.1, 0.15) is 38.8 Å². The van der Waals surface area contributed by atoms with Gasteiger partial charge in [-0.3, -0.25) is 0 Å². The topological polar surface area (TPSA) is 15.3 Å². The maximum Gasteiger partial charge on any atom is 0.0292 e. The zero-order valence-electron chi connectivity index (χ0n) is 12.8. The summed E-state index contributed by atoms with van der Waals surface area (Å²) in [4.78, 5) is 3.83. The van der Waals surface area contributed by atoms with E-state index >= 15 is 0 Å². The molecule has 0 bridgehead atoms. The molecule has 1 atom stereocenters. The normalized spacial score (nSPS) is 12.9. The van der Waals surface area contributed by atoms with Gasteiger partial charge in [-0.2, -0.15) is 0 Å². The van der Waals surface area contributed by atoms with Crippen molar-refractivity contribution in [3.8, 4) is 0 Å². The molecule has 0 radical (unpaired) electrons. The van der Waals surface area contributed by atoms with Crippen molar-refractivity contribution >= 4 is 11.8 Å². The molecule has 0 fully saturated rings. The lowest BCUT2D eigenvalue weighted by molar-refractivity contribution is 0.284. The van der Waals surface area contributed by atoms with Crippen molar-refractivity contribution < 1.29 is 0 Å². The Morgan fingerprint density at radius 2 is 1.84 bits per heavy atom. The zero-order chi connectivity index (χ0) is 14.1. The summed E-state index contributed by atoms with van der Waals surface area (Å²) in [6.45, 7) is 11.3. The van der Waals surface area contributed by atoms with Crippen LogP contribution >= 0.6 is 11.8 Å². The van der Waals surface area contributed by atoms with Gasteiger partial charge in [-0.05, 0) is 50.4 Å². The monoisotopic (exact) mass is 280 g/mol. The van der Waals surface area contributed by atoms with Crippen LogP contribution in [-0.4, -0.2) is 37.3 Å². The molecular weight excluding hydrogens is 252 g/mol. The van der Waals surface area contributed by atoms with E-state index < -0.39 is 0 Å². The first-order valence-corrected chi connectivity index (χ1v) is 8.53. The average Bonchev–Trinajstić information content (AvgIpc) is 2.46. The highest BCUT2D eigenvalue weighted by molar-refractivity contribution is 7.98. The Morgan fingerprint density at radius 1 is 1.16 bits per heavy atom. The first kappa shape index (κ1) is 16.5. The van der Waals surface area contributed by atoms with Crippen LogP contribution in [0, 0.1) is 0 Å². The molecular formula is C16H28N2S. The third-order valence-electron chi connectivity index (χ3n) is 3.48. The molecule has 0 spiro atoms. The largest absolute Gasteiger partial charge is 0.309 e. The van der Waals surface area contributed by atoms with Gasteiger partial charge in [-0.25, -0.2) is 0 Å². The summed E-state index contributed by atoms with van der Waals surface area (Å²) in [7, 11) is 0. The Bertz CT molecular complexity index is 337. The van der Waals surface area contributed by atoms with Gasteiger partial charge in [0.05, 0.1) is 0 Å². The molecule has 108 valence electrons. The molecule has 0 saturated carbocycles. The maximum atomic E-state index is 3.61. The molecule has 0 heterocycles. The fraction of sp³-hybridized carbons (Fsp3) is 0.625. The molecule has 0 aromatic heterocycles. The first-order chi connectivity index (χ1) is 9.21. The molecule has 19 heavy (non-hydrogen) atoms. The highest BCUT2D eigenvalue weighted by Crippen LogP contribution is 2.18. The maximum absolute atomic E-state index is 3.61. The van der Waals surface area contributed by atoms with Gasteiger partial charge in [0.2, 0.25) is 0 Å². The van der Waals surface area contributed by atoms with Crippen molar-refractivity contribution in [3.63, 3.8) is 0 Å². The minimum absolute atomic E-state index is 0.427. The minimum Gasteiger partial charge on any atom is -0.309 e. The third-order valence-corrected chi connectivity index (χ3v) is 4.22. The Balaban J connectivity index is 2.35. The van der Waals surface area contributed by atoms with Crippen LogP contribution in [-0.2, 0) is 0 Å². The molecule has 2 nitrogen and oxygen atoms in total. The lowest BCUT2D eigenvalue weighted by Crippen LogP contribution is -2.33. The standard InChI is InChI=1S/C16H28N2S/c1-5-12-18(6-2)13-11-17-14(3)15-7-9-16(19-4)10-8-15/h7-10,14,17H,5-6,11-13H2,1-4H3. The van der Waals surface area contributed by atoms with E-state index in [1.165, 1.54) is 23.4 Å². The van der Waals surface area contributed by atoms with Gasteiger partial charge in [0.1, 0.15) is 0 Å². The van der Waals surface area contributed by atoms with E-state index in [-0.39, 0.29) is 0 Å². The second-order valence-electron chi connectivity index (χ2n) is 4.88. The molecule has 1 rings (SSSR count). The highest BCUT2D eigenvalue weighted by atomic mass is 32.2. The van der Waals surface area contributed by atoms with Gasteiger partial charge < -0.3 is 10.2 Å². The fourth-order valence-electron chi connectivity index (χ4n) is 2.19. The number of hydrogen-bond donors (Lipinski definition) is 1. The Labute approximate surface area is 123 Å².